The van der Waals surface area contributed by atoms with Crippen molar-refractivity contribution in [2.75, 3.05) is 32.7 Å². The van der Waals surface area contributed by atoms with Crippen LogP contribution in [0.3, 0.4) is 0 Å². The van der Waals surface area contributed by atoms with E-state index in [1.807, 2.05) is 0 Å². The first-order valence-electron chi connectivity index (χ1n) is 8.32. The quantitative estimate of drug-likeness (QED) is 0.852. The van der Waals surface area contributed by atoms with Crippen LogP contribution in [0.5, 0.6) is 0 Å². The molecule has 0 bridgehead atoms. The molecule has 1 saturated heterocycles. The fraction of sp³-hybridized carbons (Fsp3) is 0.938. The van der Waals surface area contributed by atoms with E-state index in [4.69, 9.17) is 0 Å². The summed E-state index contributed by atoms with van der Waals surface area (Å²) in [6.07, 6.45) is 5.01. The summed E-state index contributed by atoms with van der Waals surface area (Å²) >= 11 is 0. The topological polar surface area (TPSA) is 35.6 Å². The smallest absolute Gasteiger partial charge is 0.234 e. The van der Waals surface area contributed by atoms with Crippen LogP contribution < -0.4 is 5.32 Å². The predicted molar refractivity (Wildman–Crippen MR) is 82.7 cm³/mol. The van der Waals surface area contributed by atoms with Gasteiger partial charge < -0.3 is 5.32 Å². The number of carbonyl (C=O) groups excluding carboxylic acids is 1. The van der Waals surface area contributed by atoms with E-state index < -0.39 is 0 Å². The lowest BCUT2D eigenvalue weighted by molar-refractivity contribution is -0.124. The molecule has 1 amide bonds. The van der Waals surface area contributed by atoms with Crippen LogP contribution in [0.4, 0.5) is 0 Å². The van der Waals surface area contributed by atoms with Crippen LogP contribution in [0.25, 0.3) is 0 Å². The average molecular weight is 281 g/mol. The van der Waals surface area contributed by atoms with Crippen molar-refractivity contribution in [3.05, 3.63) is 0 Å². The van der Waals surface area contributed by atoms with E-state index in [1.165, 1.54) is 19.3 Å². The Hall–Kier alpha value is -0.610. The molecule has 0 aromatic rings. The molecular weight excluding hydrogens is 250 g/mol. The maximum Gasteiger partial charge on any atom is 0.234 e. The van der Waals surface area contributed by atoms with E-state index in [-0.39, 0.29) is 5.91 Å². The lowest BCUT2D eigenvalue weighted by Crippen LogP contribution is -2.52. The van der Waals surface area contributed by atoms with E-state index in [9.17, 15) is 4.79 Å². The Morgan fingerprint density at radius 1 is 1.15 bits per heavy atom. The minimum atomic E-state index is 0.224. The molecule has 0 radical (unpaired) electrons. The first-order chi connectivity index (χ1) is 9.56. The second kappa shape index (κ2) is 7.41. The molecule has 2 rings (SSSR count). The van der Waals surface area contributed by atoms with Crippen LogP contribution in [-0.4, -0.2) is 60.5 Å². The Balaban J connectivity index is 1.70. The van der Waals surface area contributed by atoms with Gasteiger partial charge in [-0.2, -0.15) is 0 Å². The number of carbonyl (C=O) groups is 1. The molecule has 20 heavy (non-hydrogen) atoms. The van der Waals surface area contributed by atoms with Crippen molar-refractivity contribution >= 4 is 5.91 Å². The summed E-state index contributed by atoms with van der Waals surface area (Å²) in [5.74, 6) is 0.868. The summed E-state index contributed by atoms with van der Waals surface area (Å²) in [7, 11) is 0. The van der Waals surface area contributed by atoms with Crippen molar-refractivity contribution in [1.29, 1.82) is 0 Å². The van der Waals surface area contributed by atoms with Gasteiger partial charge in [-0.15, -0.1) is 0 Å². The molecule has 2 atom stereocenters. The summed E-state index contributed by atoms with van der Waals surface area (Å²) in [6, 6.07) is 1.03. The van der Waals surface area contributed by atoms with Gasteiger partial charge in [-0.1, -0.05) is 19.8 Å². The van der Waals surface area contributed by atoms with Gasteiger partial charge in [0.2, 0.25) is 5.91 Å². The molecule has 116 valence electrons. The van der Waals surface area contributed by atoms with Crippen molar-refractivity contribution < 1.29 is 4.79 Å². The van der Waals surface area contributed by atoms with Gasteiger partial charge in [0, 0.05) is 38.3 Å². The van der Waals surface area contributed by atoms with Crippen LogP contribution in [0.15, 0.2) is 0 Å². The van der Waals surface area contributed by atoms with Gasteiger partial charge in [-0.3, -0.25) is 14.6 Å². The van der Waals surface area contributed by atoms with Gasteiger partial charge in [0.15, 0.2) is 0 Å². The normalized spacial score (nSPS) is 29.6. The summed E-state index contributed by atoms with van der Waals surface area (Å²) in [4.78, 5) is 17.0. The van der Waals surface area contributed by atoms with Gasteiger partial charge in [0.1, 0.15) is 0 Å². The molecule has 1 heterocycles. The maximum absolute atomic E-state index is 12.2. The number of piperazine rings is 1. The fourth-order valence-corrected chi connectivity index (χ4v) is 3.42. The SMILES string of the molecule is CC1CCCCC1NC(=O)CN1CCN(C(C)C)CC1. The number of hydrogen-bond donors (Lipinski definition) is 1. The number of rotatable bonds is 4. The van der Waals surface area contributed by atoms with Crippen LogP contribution >= 0.6 is 0 Å². The van der Waals surface area contributed by atoms with Crippen molar-refractivity contribution in [2.45, 2.75) is 58.5 Å². The molecule has 4 heteroatoms. The largest absolute Gasteiger partial charge is 0.352 e. The monoisotopic (exact) mass is 281 g/mol. The van der Waals surface area contributed by atoms with E-state index in [0.717, 1.165) is 32.6 Å². The third-order valence-corrected chi connectivity index (χ3v) is 4.96. The Morgan fingerprint density at radius 2 is 1.80 bits per heavy atom. The van der Waals surface area contributed by atoms with Gasteiger partial charge >= 0.3 is 0 Å². The van der Waals surface area contributed by atoms with E-state index >= 15 is 0 Å². The lowest BCUT2D eigenvalue weighted by Gasteiger charge is -2.37. The molecule has 1 saturated carbocycles. The minimum absolute atomic E-state index is 0.224. The highest BCUT2D eigenvalue weighted by Gasteiger charge is 2.25. The number of hydrogen-bond acceptors (Lipinski definition) is 3. The zero-order chi connectivity index (χ0) is 14.5. The first kappa shape index (κ1) is 15.8. The predicted octanol–water partition coefficient (Wildman–Crippen LogP) is 1.71. The number of nitrogens with one attached hydrogen (secondary N) is 1. The highest BCUT2D eigenvalue weighted by atomic mass is 16.2. The van der Waals surface area contributed by atoms with Gasteiger partial charge in [0.05, 0.1) is 6.54 Å². The summed E-state index contributed by atoms with van der Waals surface area (Å²) in [5.41, 5.74) is 0. The van der Waals surface area contributed by atoms with Crippen molar-refractivity contribution in [3.8, 4) is 0 Å². The Labute approximate surface area is 123 Å². The van der Waals surface area contributed by atoms with Crippen LogP contribution in [-0.2, 0) is 4.79 Å². The van der Waals surface area contributed by atoms with Gasteiger partial charge in [0.25, 0.3) is 0 Å². The minimum Gasteiger partial charge on any atom is -0.352 e. The highest BCUT2D eigenvalue weighted by Crippen LogP contribution is 2.23. The molecule has 1 aliphatic carbocycles. The molecular formula is C16H31N3O. The average Bonchev–Trinajstić information content (AvgIpc) is 2.42. The number of amides is 1. The second-order valence-corrected chi connectivity index (χ2v) is 6.84. The summed E-state index contributed by atoms with van der Waals surface area (Å²) < 4.78 is 0. The second-order valence-electron chi connectivity index (χ2n) is 6.84. The molecule has 1 N–H and O–H groups in total. The highest BCUT2D eigenvalue weighted by molar-refractivity contribution is 5.78. The molecule has 4 nitrogen and oxygen atoms in total. The van der Waals surface area contributed by atoms with E-state index in [1.54, 1.807) is 0 Å². The Kier molecular flexibility index (Phi) is 5.85. The molecule has 2 unspecified atom stereocenters. The Bertz CT molecular complexity index is 311. The van der Waals surface area contributed by atoms with Crippen molar-refractivity contribution in [2.24, 2.45) is 5.92 Å². The third kappa shape index (κ3) is 4.45. The lowest BCUT2D eigenvalue weighted by atomic mass is 9.86. The molecule has 1 aliphatic heterocycles. The van der Waals surface area contributed by atoms with Crippen molar-refractivity contribution in [3.63, 3.8) is 0 Å². The zero-order valence-corrected chi connectivity index (χ0v) is 13.4. The maximum atomic E-state index is 12.2. The molecule has 2 aliphatic rings. The van der Waals surface area contributed by atoms with E-state index in [0.29, 0.717) is 24.5 Å². The zero-order valence-electron chi connectivity index (χ0n) is 13.4. The van der Waals surface area contributed by atoms with Crippen LogP contribution in [0.2, 0.25) is 0 Å². The van der Waals surface area contributed by atoms with Crippen LogP contribution in [0, 0.1) is 5.92 Å². The van der Waals surface area contributed by atoms with Gasteiger partial charge in [-0.05, 0) is 32.6 Å². The standard InChI is InChI=1S/C16H31N3O/c1-13(2)19-10-8-18(9-11-19)12-16(20)17-15-7-5-4-6-14(15)3/h13-15H,4-12H2,1-3H3,(H,17,20). The summed E-state index contributed by atoms with van der Waals surface area (Å²) in [5, 5.41) is 3.26. The molecule has 0 aromatic carbocycles. The third-order valence-electron chi connectivity index (χ3n) is 4.96. The van der Waals surface area contributed by atoms with Crippen LogP contribution in [0.1, 0.15) is 46.5 Å². The molecule has 0 aromatic heterocycles. The first-order valence-corrected chi connectivity index (χ1v) is 8.32. The molecule has 0 spiro atoms. The van der Waals surface area contributed by atoms with Gasteiger partial charge in [-0.25, -0.2) is 0 Å². The molecule has 2 fully saturated rings. The fourth-order valence-electron chi connectivity index (χ4n) is 3.42. The van der Waals surface area contributed by atoms with Crippen molar-refractivity contribution in [1.82, 2.24) is 15.1 Å². The Morgan fingerprint density at radius 3 is 2.40 bits per heavy atom. The van der Waals surface area contributed by atoms with E-state index in [2.05, 4.69) is 35.9 Å². The summed E-state index contributed by atoms with van der Waals surface area (Å²) in [6.45, 7) is 11.5. The number of nitrogens with zero attached hydrogens (tertiary/aromatic N) is 2.